The monoisotopic (exact) mass is 273 g/mol. The van der Waals surface area contributed by atoms with Gasteiger partial charge in [0.25, 0.3) is 0 Å². The molecule has 0 spiro atoms. The average molecular weight is 274 g/mol. The van der Waals surface area contributed by atoms with Crippen LogP contribution in [0.25, 0.3) is 0 Å². The van der Waals surface area contributed by atoms with Gasteiger partial charge >= 0.3 is 0 Å². The van der Waals surface area contributed by atoms with Gasteiger partial charge in [-0.3, -0.25) is 0 Å². The van der Waals surface area contributed by atoms with Gasteiger partial charge in [-0.15, -0.1) is 0 Å². The fraction of sp³-hybridized carbons (Fsp3) is 0.667. The Kier molecular flexibility index (Phi) is 6.93. The maximum Gasteiger partial charge on any atom is 0.137 e. The molecule has 1 rings (SSSR count). The van der Waals surface area contributed by atoms with E-state index in [1.165, 1.54) is 0 Å². The van der Waals surface area contributed by atoms with Crippen LogP contribution in [-0.2, 0) is 9.47 Å². The van der Waals surface area contributed by atoms with Crippen molar-refractivity contribution in [3.05, 3.63) is 16.5 Å². The fourth-order valence-electron chi connectivity index (χ4n) is 1.39. The quantitative estimate of drug-likeness (QED) is 0.581. The smallest absolute Gasteiger partial charge is 0.137 e. The first kappa shape index (κ1) is 15.1. The Bertz CT molecular complexity index is 375. The third kappa shape index (κ3) is 5.16. The lowest BCUT2D eigenvalue weighted by Gasteiger charge is -2.10. The van der Waals surface area contributed by atoms with Crippen molar-refractivity contribution in [2.45, 2.75) is 20.3 Å². The number of aromatic nitrogens is 2. The van der Waals surface area contributed by atoms with Crippen molar-refractivity contribution in [3.63, 3.8) is 0 Å². The molecule has 1 N–H and O–H groups in total. The predicted molar refractivity (Wildman–Crippen MR) is 72.3 cm³/mol. The highest BCUT2D eigenvalue weighted by atomic mass is 35.5. The average Bonchev–Trinajstić information content (AvgIpc) is 2.33. The molecule has 0 aliphatic heterocycles. The molecule has 0 radical (unpaired) electrons. The van der Waals surface area contributed by atoms with Gasteiger partial charge in [0.1, 0.15) is 16.8 Å². The first-order valence-corrected chi connectivity index (χ1v) is 6.34. The van der Waals surface area contributed by atoms with Crippen LogP contribution in [0, 0.1) is 13.8 Å². The van der Waals surface area contributed by atoms with Gasteiger partial charge in [0.05, 0.1) is 13.2 Å². The molecular weight excluding hydrogens is 254 g/mol. The summed E-state index contributed by atoms with van der Waals surface area (Å²) in [6.07, 6.45) is 0.907. The highest BCUT2D eigenvalue weighted by molar-refractivity contribution is 6.30. The van der Waals surface area contributed by atoms with E-state index in [0.29, 0.717) is 30.8 Å². The number of anilines is 1. The molecule has 6 heteroatoms. The molecule has 1 heterocycles. The van der Waals surface area contributed by atoms with Crippen LogP contribution in [0.3, 0.4) is 0 Å². The molecule has 0 aliphatic rings. The van der Waals surface area contributed by atoms with Crippen molar-refractivity contribution in [1.29, 1.82) is 0 Å². The zero-order valence-corrected chi connectivity index (χ0v) is 11.9. The summed E-state index contributed by atoms with van der Waals surface area (Å²) < 4.78 is 10.3. The third-order valence-corrected chi connectivity index (χ3v) is 2.76. The van der Waals surface area contributed by atoms with Crippen LogP contribution in [-0.4, -0.2) is 43.4 Å². The molecule has 0 saturated carbocycles. The molecule has 1 aromatic rings. The van der Waals surface area contributed by atoms with Gasteiger partial charge in [-0.25, -0.2) is 9.97 Å². The van der Waals surface area contributed by atoms with E-state index in [1.54, 1.807) is 7.11 Å². The lowest BCUT2D eigenvalue weighted by Crippen LogP contribution is -2.11. The Morgan fingerprint density at radius 2 is 1.94 bits per heavy atom. The molecule has 18 heavy (non-hydrogen) atoms. The second-order valence-electron chi connectivity index (χ2n) is 3.92. The number of methoxy groups -OCH3 is 1. The normalized spacial score (nSPS) is 10.7. The van der Waals surface area contributed by atoms with E-state index < -0.39 is 0 Å². The standard InChI is InChI=1S/C12H20ClN3O2/c1-9-11(13)15-10(2)16-12(9)14-5-4-6-18-8-7-17-3/h4-8H2,1-3H3,(H,14,15,16). The summed E-state index contributed by atoms with van der Waals surface area (Å²) in [5.41, 5.74) is 0.877. The zero-order chi connectivity index (χ0) is 13.4. The van der Waals surface area contributed by atoms with E-state index in [-0.39, 0.29) is 0 Å². The Morgan fingerprint density at radius 1 is 1.17 bits per heavy atom. The molecule has 102 valence electrons. The van der Waals surface area contributed by atoms with Crippen molar-refractivity contribution in [1.82, 2.24) is 9.97 Å². The number of rotatable bonds is 8. The number of nitrogens with one attached hydrogen (secondary N) is 1. The number of halogens is 1. The summed E-state index contributed by atoms with van der Waals surface area (Å²) >= 11 is 5.99. The van der Waals surface area contributed by atoms with Crippen LogP contribution in [0.2, 0.25) is 5.15 Å². The molecule has 0 fully saturated rings. The summed E-state index contributed by atoms with van der Waals surface area (Å²) in [5.74, 6) is 1.47. The Hall–Kier alpha value is -0.910. The van der Waals surface area contributed by atoms with Crippen LogP contribution in [0.1, 0.15) is 17.8 Å². The van der Waals surface area contributed by atoms with Gasteiger partial charge in [-0.2, -0.15) is 0 Å². The largest absolute Gasteiger partial charge is 0.382 e. The lowest BCUT2D eigenvalue weighted by atomic mass is 10.3. The number of hydrogen-bond donors (Lipinski definition) is 1. The van der Waals surface area contributed by atoms with Crippen LogP contribution in [0.15, 0.2) is 0 Å². The highest BCUT2D eigenvalue weighted by Gasteiger charge is 2.06. The van der Waals surface area contributed by atoms with Crippen LogP contribution >= 0.6 is 11.6 Å². The molecule has 0 amide bonds. The molecule has 1 aromatic heterocycles. The van der Waals surface area contributed by atoms with Crippen molar-refractivity contribution in [2.24, 2.45) is 0 Å². The second-order valence-corrected chi connectivity index (χ2v) is 4.28. The summed E-state index contributed by atoms with van der Waals surface area (Å²) in [6.45, 7) is 6.48. The van der Waals surface area contributed by atoms with Gasteiger partial charge in [0.15, 0.2) is 0 Å². The maximum atomic E-state index is 5.99. The minimum atomic E-state index is 0.501. The minimum absolute atomic E-state index is 0.501. The predicted octanol–water partition coefficient (Wildman–Crippen LogP) is 2.21. The molecule has 0 atom stereocenters. The van der Waals surface area contributed by atoms with E-state index in [0.717, 1.165) is 24.3 Å². The summed E-state index contributed by atoms with van der Waals surface area (Å²) in [6, 6.07) is 0. The van der Waals surface area contributed by atoms with Gasteiger partial charge in [-0.05, 0) is 20.3 Å². The van der Waals surface area contributed by atoms with E-state index >= 15 is 0 Å². The van der Waals surface area contributed by atoms with Gasteiger partial charge in [-0.1, -0.05) is 11.6 Å². The summed E-state index contributed by atoms with van der Waals surface area (Å²) in [7, 11) is 1.66. The topological polar surface area (TPSA) is 56.3 Å². The highest BCUT2D eigenvalue weighted by Crippen LogP contribution is 2.19. The van der Waals surface area contributed by atoms with Crippen LogP contribution in [0.4, 0.5) is 5.82 Å². The Balaban J connectivity index is 2.27. The SMILES string of the molecule is COCCOCCCNc1nc(C)nc(Cl)c1C. The fourth-order valence-corrected chi connectivity index (χ4v) is 1.60. The van der Waals surface area contributed by atoms with Crippen molar-refractivity contribution in [3.8, 4) is 0 Å². The summed E-state index contributed by atoms with van der Waals surface area (Å²) in [4.78, 5) is 8.40. The van der Waals surface area contributed by atoms with Crippen molar-refractivity contribution < 1.29 is 9.47 Å². The van der Waals surface area contributed by atoms with Crippen molar-refractivity contribution in [2.75, 3.05) is 38.8 Å². The lowest BCUT2D eigenvalue weighted by molar-refractivity contribution is 0.0705. The van der Waals surface area contributed by atoms with E-state index in [9.17, 15) is 0 Å². The third-order valence-electron chi connectivity index (χ3n) is 2.39. The van der Waals surface area contributed by atoms with Crippen LogP contribution < -0.4 is 5.32 Å². The van der Waals surface area contributed by atoms with E-state index in [2.05, 4.69) is 15.3 Å². The summed E-state index contributed by atoms with van der Waals surface area (Å²) in [5, 5.41) is 3.74. The molecule has 0 aliphatic carbocycles. The maximum absolute atomic E-state index is 5.99. The first-order valence-electron chi connectivity index (χ1n) is 5.96. The number of hydrogen-bond acceptors (Lipinski definition) is 5. The van der Waals surface area contributed by atoms with Gasteiger partial charge in [0, 0.05) is 25.8 Å². The molecular formula is C12H20ClN3O2. The van der Waals surface area contributed by atoms with Crippen molar-refractivity contribution >= 4 is 17.4 Å². The Labute approximate surface area is 113 Å². The molecule has 0 bridgehead atoms. The number of nitrogens with zero attached hydrogens (tertiary/aromatic N) is 2. The molecule has 5 nitrogen and oxygen atoms in total. The van der Waals surface area contributed by atoms with Gasteiger partial charge < -0.3 is 14.8 Å². The number of aryl methyl sites for hydroxylation is 1. The second kappa shape index (κ2) is 8.24. The number of ether oxygens (including phenoxy) is 2. The van der Waals surface area contributed by atoms with E-state index in [4.69, 9.17) is 21.1 Å². The minimum Gasteiger partial charge on any atom is -0.382 e. The molecule has 0 saturated heterocycles. The first-order chi connectivity index (χ1) is 8.65. The Morgan fingerprint density at radius 3 is 2.67 bits per heavy atom. The van der Waals surface area contributed by atoms with Gasteiger partial charge in [0.2, 0.25) is 0 Å². The van der Waals surface area contributed by atoms with E-state index in [1.807, 2.05) is 13.8 Å². The van der Waals surface area contributed by atoms with Crippen LogP contribution in [0.5, 0.6) is 0 Å². The molecule has 0 aromatic carbocycles. The zero-order valence-electron chi connectivity index (χ0n) is 11.1. The molecule has 0 unspecified atom stereocenters.